The topological polar surface area (TPSA) is 20.2 Å². The van der Waals surface area contributed by atoms with Crippen LogP contribution in [0.15, 0.2) is 23.8 Å². The molecular weight excluding hydrogens is 364 g/mol. The summed E-state index contributed by atoms with van der Waals surface area (Å²) < 4.78 is 0. The highest BCUT2D eigenvalue weighted by atomic mass is 16.3. The zero-order valence-corrected chi connectivity index (χ0v) is 20.7. The Morgan fingerprint density at radius 3 is 2.40 bits per heavy atom. The van der Waals surface area contributed by atoms with Gasteiger partial charge in [-0.2, -0.15) is 0 Å². The predicted molar refractivity (Wildman–Crippen MR) is 128 cm³/mol. The van der Waals surface area contributed by atoms with E-state index in [0.717, 1.165) is 42.4 Å². The summed E-state index contributed by atoms with van der Waals surface area (Å²) in [5, 5.41) is 10.2. The van der Waals surface area contributed by atoms with E-state index in [2.05, 4.69) is 59.8 Å². The number of allylic oxidation sites excluding steroid dienone is 4. The maximum atomic E-state index is 10.2. The first-order chi connectivity index (χ1) is 14.2. The lowest BCUT2D eigenvalue weighted by molar-refractivity contribution is -0.0812. The van der Waals surface area contributed by atoms with Crippen LogP contribution in [-0.2, 0) is 0 Å². The third-order valence-electron chi connectivity index (χ3n) is 10.9. The lowest BCUT2D eigenvalue weighted by atomic mass is 9.46. The second-order valence-electron chi connectivity index (χ2n) is 12.5. The van der Waals surface area contributed by atoms with Crippen LogP contribution in [0.3, 0.4) is 0 Å². The quantitative estimate of drug-likeness (QED) is 0.457. The van der Waals surface area contributed by atoms with Crippen molar-refractivity contribution in [1.82, 2.24) is 0 Å². The molecule has 0 amide bonds. The summed E-state index contributed by atoms with van der Waals surface area (Å²) in [6.07, 6.45) is 19.2. The molecule has 0 aromatic rings. The van der Waals surface area contributed by atoms with E-state index in [-0.39, 0.29) is 6.10 Å². The highest BCUT2D eigenvalue weighted by Gasteiger charge is 2.59. The van der Waals surface area contributed by atoms with E-state index in [9.17, 15) is 5.11 Å². The van der Waals surface area contributed by atoms with Gasteiger partial charge in [-0.25, -0.2) is 0 Å². The van der Waals surface area contributed by atoms with Crippen LogP contribution in [0, 0.1) is 52.3 Å². The Labute approximate surface area is 186 Å². The third kappa shape index (κ3) is 3.66. The van der Waals surface area contributed by atoms with Crippen LogP contribution in [0.25, 0.3) is 0 Å². The first-order valence-electron chi connectivity index (χ1n) is 13.2. The van der Waals surface area contributed by atoms with E-state index >= 15 is 0 Å². The number of aliphatic hydroxyl groups is 1. The first kappa shape index (κ1) is 22.6. The molecule has 0 aromatic heterocycles. The molecule has 0 spiro atoms. The zero-order valence-electron chi connectivity index (χ0n) is 20.7. The van der Waals surface area contributed by atoms with Crippen molar-refractivity contribution in [2.45, 2.75) is 105 Å². The smallest absolute Gasteiger partial charge is 0.0546 e. The Morgan fingerprint density at radius 2 is 1.70 bits per heavy atom. The van der Waals surface area contributed by atoms with E-state index in [1.165, 1.54) is 44.9 Å². The van der Waals surface area contributed by atoms with Crippen LogP contribution in [-0.4, -0.2) is 11.2 Å². The van der Waals surface area contributed by atoms with E-state index < -0.39 is 0 Å². The minimum atomic E-state index is -0.0669. The molecule has 30 heavy (non-hydrogen) atoms. The summed E-state index contributed by atoms with van der Waals surface area (Å²) in [5.74, 6) is 5.57. The minimum Gasteiger partial charge on any atom is -0.393 e. The summed E-state index contributed by atoms with van der Waals surface area (Å²) in [4.78, 5) is 0. The van der Waals surface area contributed by atoms with Gasteiger partial charge >= 0.3 is 0 Å². The zero-order chi connectivity index (χ0) is 21.7. The fourth-order valence-electron chi connectivity index (χ4n) is 8.93. The van der Waals surface area contributed by atoms with E-state index in [4.69, 9.17) is 0 Å². The number of aliphatic hydroxyl groups excluding tert-OH is 1. The number of hydrogen-bond donors (Lipinski definition) is 1. The van der Waals surface area contributed by atoms with Crippen LogP contribution < -0.4 is 0 Å². The van der Waals surface area contributed by atoms with Gasteiger partial charge in [-0.1, -0.05) is 58.4 Å². The van der Waals surface area contributed by atoms with E-state index in [0.29, 0.717) is 22.7 Å². The van der Waals surface area contributed by atoms with Crippen LogP contribution in [0.4, 0.5) is 0 Å². The summed E-state index contributed by atoms with van der Waals surface area (Å²) in [5.41, 5.74) is 2.62. The molecule has 0 saturated heterocycles. The van der Waals surface area contributed by atoms with Gasteiger partial charge in [-0.3, -0.25) is 0 Å². The van der Waals surface area contributed by atoms with Gasteiger partial charge in [0.2, 0.25) is 0 Å². The number of hydrogen-bond acceptors (Lipinski definition) is 1. The fourth-order valence-corrected chi connectivity index (χ4v) is 8.93. The molecular formula is C29H48O. The molecule has 1 N–H and O–H groups in total. The SMILES string of the molecule is CC=C(CC[C@@H](C)[C@@H]1CC[C@@H]2[C@H]3C=C[C@@H]4C[C@H](O)CC[C@@]4(C)[C@@H]3CC[C@]21C)C(C)C. The van der Waals surface area contributed by atoms with Gasteiger partial charge in [0.15, 0.2) is 0 Å². The molecule has 1 nitrogen and oxygen atoms in total. The maximum Gasteiger partial charge on any atom is 0.0546 e. The third-order valence-corrected chi connectivity index (χ3v) is 10.9. The molecule has 4 aliphatic rings. The lowest BCUT2D eigenvalue weighted by Gasteiger charge is -2.59. The van der Waals surface area contributed by atoms with Crippen molar-refractivity contribution in [2.75, 3.05) is 0 Å². The molecule has 0 bridgehead atoms. The molecule has 170 valence electrons. The summed E-state index contributed by atoms with van der Waals surface area (Å²) >= 11 is 0. The van der Waals surface area contributed by atoms with Crippen molar-refractivity contribution in [3.63, 3.8) is 0 Å². The minimum absolute atomic E-state index is 0.0669. The number of fused-ring (bicyclic) bond motifs is 5. The van der Waals surface area contributed by atoms with Gasteiger partial charge < -0.3 is 5.11 Å². The summed E-state index contributed by atoms with van der Waals surface area (Å²) in [6, 6.07) is 0. The Hall–Kier alpha value is -0.560. The van der Waals surface area contributed by atoms with Gasteiger partial charge in [0.1, 0.15) is 0 Å². The fraction of sp³-hybridized carbons (Fsp3) is 0.862. The molecule has 0 unspecified atom stereocenters. The lowest BCUT2D eigenvalue weighted by Crippen LogP contribution is -2.52. The highest BCUT2D eigenvalue weighted by Crippen LogP contribution is 2.67. The molecule has 0 aromatic carbocycles. The van der Waals surface area contributed by atoms with Crippen LogP contribution >= 0.6 is 0 Å². The molecule has 4 aliphatic carbocycles. The van der Waals surface area contributed by atoms with Crippen LogP contribution in [0.5, 0.6) is 0 Å². The Bertz CT molecular complexity index is 674. The summed E-state index contributed by atoms with van der Waals surface area (Å²) in [6.45, 7) is 14.7. The average Bonchev–Trinajstić information content (AvgIpc) is 3.06. The normalized spacial score (nSPS) is 47.0. The van der Waals surface area contributed by atoms with Crippen LogP contribution in [0.1, 0.15) is 99.3 Å². The molecule has 3 fully saturated rings. The van der Waals surface area contributed by atoms with Gasteiger partial charge in [0, 0.05) is 0 Å². The van der Waals surface area contributed by atoms with Crippen molar-refractivity contribution in [3.8, 4) is 0 Å². The second kappa shape index (κ2) is 8.42. The summed E-state index contributed by atoms with van der Waals surface area (Å²) in [7, 11) is 0. The van der Waals surface area contributed by atoms with Crippen molar-refractivity contribution >= 4 is 0 Å². The second-order valence-corrected chi connectivity index (χ2v) is 12.5. The standard InChI is InChI=1S/C29H48O/c1-7-21(19(2)3)9-8-20(4)25-12-13-26-24-11-10-22-18-23(30)14-16-28(22,5)27(24)15-17-29(25,26)6/h7,10-11,19-20,22-27,30H,8-9,12-18H2,1-6H3/t20-,22-,23-,24-,25+,26-,27-,28-,29+/m1/s1. The monoisotopic (exact) mass is 412 g/mol. The molecule has 4 rings (SSSR count). The molecule has 3 saturated carbocycles. The molecule has 1 heteroatoms. The highest BCUT2D eigenvalue weighted by molar-refractivity contribution is 5.18. The Kier molecular flexibility index (Phi) is 6.35. The van der Waals surface area contributed by atoms with E-state index in [1.807, 2.05) is 0 Å². The first-order valence-corrected chi connectivity index (χ1v) is 13.2. The van der Waals surface area contributed by atoms with Gasteiger partial charge in [-0.15, -0.1) is 0 Å². The van der Waals surface area contributed by atoms with Crippen molar-refractivity contribution in [3.05, 3.63) is 23.8 Å². The van der Waals surface area contributed by atoms with Crippen molar-refractivity contribution < 1.29 is 5.11 Å². The van der Waals surface area contributed by atoms with Gasteiger partial charge in [0.05, 0.1) is 6.10 Å². The average molecular weight is 413 g/mol. The molecule has 9 atom stereocenters. The Balaban J connectivity index is 1.49. The maximum absolute atomic E-state index is 10.2. The molecule has 0 aliphatic heterocycles. The van der Waals surface area contributed by atoms with Gasteiger partial charge in [-0.05, 0) is 117 Å². The Morgan fingerprint density at radius 1 is 1.00 bits per heavy atom. The predicted octanol–water partition coefficient (Wildman–Crippen LogP) is 7.80. The number of rotatable bonds is 5. The van der Waals surface area contributed by atoms with Crippen molar-refractivity contribution in [2.24, 2.45) is 52.3 Å². The van der Waals surface area contributed by atoms with Crippen LogP contribution in [0.2, 0.25) is 0 Å². The largest absolute Gasteiger partial charge is 0.393 e. The van der Waals surface area contributed by atoms with Crippen molar-refractivity contribution in [1.29, 1.82) is 0 Å². The van der Waals surface area contributed by atoms with Gasteiger partial charge in [0.25, 0.3) is 0 Å². The molecule has 0 radical (unpaired) electrons. The molecule has 0 heterocycles. The van der Waals surface area contributed by atoms with E-state index in [1.54, 1.807) is 5.57 Å².